The highest BCUT2D eigenvalue weighted by Gasteiger charge is 2.31. The zero-order valence-corrected chi connectivity index (χ0v) is 16.9. The molecule has 0 saturated carbocycles. The smallest absolute Gasteiger partial charge is 0.260 e. The zero-order chi connectivity index (χ0) is 20.4. The number of aryl methyl sites for hydroxylation is 1. The van der Waals surface area contributed by atoms with E-state index in [0.29, 0.717) is 29.5 Å². The molecular formula is C23H27N3O3. The first-order chi connectivity index (χ1) is 14.0. The summed E-state index contributed by atoms with van der Waals surface area (Å²) in [6.45, 7) is 6.21. The molecule has 152 valence electrons. The molecule has 0 bridgehead atoms. The minimum atomic E-state index is -0.304. The molecule has 1 N–H and O–H groups in total. The van der Waals surface area contributed by atoms with Gasteiger partial charge in [-0.1, -0.05) is 6.92 Å². The summed E-state index contributed by atoms with van der Waals surface area (Å²) in [5, 5.41) is 10.9. The molecule has 0 radical (unpaired) electrons. The van der Waals surface area contributed by atoms with Gasteiger partial charge in [0.05, 0.1) is 24.4 Å². The Morgan fingerprint density at radius 3 is 2.62 bits per heavy atom. The minimum Gasteiger partial charge on any atom is -0.507 e. The summed E-state index contributed by atoms with van der Waals surface area (Å²) in [5.74, 6) is 1.43. The third-order valence-electron chi connectivity index (χ3n) is 5.90. The number of nitrogens with zero attached hydrogens (tertiary/aromatic N) is 3. The van der Waals surface area contributed by atoms with Crippen molar-refractivity contribution < 1.29 is 9.52 Å². The minimum absolute atomic E-state index is 0.0450. The fourth-order valence-electron chi connectivity index (χ4n) is 4.17. The molecule has 3 aromatic heterocycles. The molecule has 1 saturated heterocycles. The average molecular weight is 393 g/mol. The summed E-state index contributed by atoms with van der Waals surface area (Å²) in [6.07, 6.45) is 7.23. The number of furan rings is 1. The Bertz CT molecular complexity index is 1000. The van der Waals surface area contributed by atoms with E-state index in [-0.39, 0.29) is 17.4 Å². The summed E-state index contributed by atoms with van der Waals surface area (Å²) < 4.78 is 7.13. The number of hydrogen-bond acceptors (Lipinski definition) is 5. The van der Waals surface area contributed by atoms with E-state index in [1.165, 1.54) is 0 Å². The van der Waals surface area contributed by atoms with Gasteiger partial charge in [0.2, 0.25) is 0 Å². The van der Waals surface area contributed by atoms with Crippen molar-refractivity contribution >= 4 is 0 Å². The number of aromatic nitrogens is 2. The molecule has 1 aliphatic heterocycles. The summed E-state index contributed by atoms with van der Waals surface area (Å²) in [7, 11) is 0. The van der Waals surface area contributed by atoms with Gasteiger partial charge >= 0.3 is 0 Å². The second kappa shape index (κ2) is 8.25. The van der Waals surface area contributed by atoms with Gasteiger partial charge in [0.1, 0.15) is 11.5 Å². The van der Waals surface area contributed by atoms with Crippen LogP contribution in [0, 0.1) is 12.8 Å². The van der Waals surface area contributed by atoms with Crippen LogP contribution in [0.1, 0.15) is 48.4 Å². The Morgan fingerprint density at radius 1 is 1.24 bits per heavy atom. The van der Waals surface area contributed by atoms with Crippen LogP contribution in [0.3, 0.4) is 0 Å². The van der Waals surface area contributed by atoms with Crippen LogP contribution in [0.25, 0.3) is 0 Å². The third kappa shape index (κ3) is 3.98. The Kier molecular flexibility index (Phi) is 5.53. The highest BCUT2D eigenvalue weighted by molar-refractivity contribution is 5.40. The molecule has 0 aliphatic carbocycles. The SMILES string of the molecule is Cc1cc(O)c([C@H](c2ccncc2)N2CCC(C)CC2)c(=O)n1Cc1ccco1. The largest absolute Gasteiger partial charge is 0.507 e. The van der Waals surface area contributed by atoms with Crippen LogP contribution < -0.4 is 5.56 Å². The van der Waals surface area contributed by atoms with Crippen molar-refractivity contribution in [3.63, 3.8) is 0 Å². The van der Waals surface area contributed by atoms with E-state index in [1.807, 2.05) is 31.2 Å². The summed E-state index contributed by atoms with van der Waals surface area (Å²) in [6, 6.07) is 8.90. The summed E-state index contributed by atoms with van der Waals surface area (Å²) in [5.41, 5.74) is 1.91. The third-order valence-corrected chi connectivity index (χ3v) is 5.90. The van der Waals surface area contributed by atoms with Gasteiger partial charge in [0, 0.05) is 18.1 Å². The standard InChI is InChI=1S/C23H27N3O3/c1-16-7-11-25(12-8-16)22(18-5-9-24-10-6-18)21-20(27)14-17(2)26(23(21)28)15-19-4-3-13-29-19/h3-6,9-10,13-14,16,22,27H,7-8,11-12,15H2,1-2H3/t22-/m0/s1. The summed E-state index contributed by atoms with van der Waals surface area (Å²) in [4.78, 5) is 20.0. The van der Waals surface area contributed by atoms with Crippen LogP contribution in [-0.4, -0.2) is 32.6 Å². The molecular weight excluding hydrogens is 366 g/mol. The molecule has 0 aromatic carbocycles. The molecule has 0 spiro atoms. The van der Waals surface area contributed by atoms with E-state index >= 15 is 0 Å². The van der Waals surface area contributed by atoms with E-state index in [9.17, 15) is 9.90 Å². The average Bonchev–Trinajstić information content (AvgIpc) is 3.23. The van der Waals surface area contributed by atoms with Crippen molar-refractivity contribution in [2.45, 2.75) is 39.3 Å². The van der Waals surface area contributed by atoms with Crippen molar-refractivity contribution in [3.05, 3.63) is 81.9 Å². The van der Waals surface area contributed by atoms with Gasteiger partial charge in [-0.3, -0.25) is 14.7 Å². The van der Waals surface area contributed by atoms with Crippen LogP contribution in [0.15, 0.2) is 58.2 Å². The van der Waals surface area contributed by atoms with Gasteiger partial charge in [-0.2, -0.15) is 0 Å². The lowest BCUT2D eigenvalue weighted by Crippen LogP contribution is -2.40. The van der Waals surface area contributed by atoms with Crippen molar-refractivity contribution in [3.8, 4) is 5.75 Å². The topological polar surface area (TPSA) is 71.5 Å². The van der Waals surface area contributed by atoms with Crippen molar-refractivity contribution in [1.82, 2.24) is 14.5 Å². The van der Waals surface area contributed by atoms with E-state index in [1.54, 1.807) is 29.3 Å². The molecule has 0 unspecified atom stereocenters. The van der Waals surface area contributed by atoms with E-state index < -0.39 is 0 Å². The van der Waals surface area contributed by atoms with Gasteiger partial charge < -0.3 is 14.1 Å². The van der Waals surface area contributed by atoms with Crippen LogP contribution in [0.2, 0.25) is 0 Å². The van der Waals surface area contributed by atoms with Crippen molar-refractivity contribution in [2.75, 3.05) is 13.1 Å². The van der Waals surface area contributed by atoms with E-state index in [4.69, 9.17) is 4.42 Å². The maximum absolute atomic E-state index is 13.6. The predicted molar refractivity (Wildman–Crippen MR) is 111 cm³/mol. The van der Waals surface area contributed by atoms with Gasteiger partial charge in [0.15, 0.2) is 0 Å². The predicted octanol–water partition coefficient (Wildman–Crippen LogP) is 3.72. The number of piperidine rings is 1. The van der Waals surface area contributed by atoms with Crippen molar-refractivity contribution in [2.24, 2.45) is 5.92 Å². The second-order valence-corrected chi connectivity index (χ2v) is 7.96. The number of rotatable bonds is 5. The Morgan fingerprint density at radius 2 is 1.97 bits per heavy atom. The van der Waals surface area contributed by atoms with Gasteiger partial charge in [0.25, 0.3) is 5.56 Å². The monoisotopic (exact) mass is 393 g/mol. The van der Waals surface area contributed by atoms with Crippen LogP contribution in [-0.2, 0) is 6.54 Å². The maximum atomic E-state index is 13.6. The molecule has 6 nitrogen and oxygen atoms in total. The van der Waals surface area contributed by atoms with Crippen LogP contribution >= 0.6 is 0 Å². The number of likely N-dealkylation sites (tertiary alicyclic amines) is 1. The molecule has 4 heterocycles. The van der Waals surface area contributed by atoms with E-state index in [2.05, 4.69) is 16.8 Å². The Labute approximate surface area is 170 Å². The summed E-state index contributed by atoms with van der Waals surface area (Å²) >= 11 is 0. The zero-order valence-electron chi connectivity index (χ0n) is 16.9. The molecule has 3 aromatic rings. The quantitative estimate of drug-likeness (QED) is 0.715. The Balaban J connectivity index is 1.82. The fourth-order valence-corrected chi connectivity index (χ4v) is 4.17. The normalized spacial score (nSPS) is 16.8. The molecule has 1 atom stereocenters. The molecule has 6 heteroatoms. The molecule has 1 aliphatic rings. The molecule has 1 fully saturated rings. The van der Waals surface area contributed by atoms with Gasteiger partial charge in [-0.15, -0.1) is 0 Å². The maximum Gasteiger partial charge on any atom is 0.260 e. The molecule has 4 rings (SSSR count). The van der Waals surface area contributed by atoms with E-state index in [0.717, 1.165) is 31.5 Å². The lowest BCUT2D eigenvalue weighted by atomic mass is 9.92. The van der Waals surface area contributed by atoms with Gasteiger partial charge in [-0.25, -0.2) is 0 Å². The Hall–Kier alpha value is -2.86. The lowest BCUT2D eigenvalue weighted by molar-refractivity contribution is 0.154. The number of aromatic hydroxyl groups is 1. The molecule has 0 amide bonds. The first kappa shape index (κ1) is 19.5. The highest BCUT2D eigenvalue weighted by atomic mass is 16.3. The molecule has 29 heavy (non-hydrogen) atoms. The first-order valence-electron chi connectivity index (χ1n) is 10.1. The lowest BCUT2D eigenvalue weighted by Gasteiger charge is -2.37. The van der Waals surface area contributed by atoms with Crippen LogP contribution in [0.5, 0.6) is 5.75 Å². The number of hydrogen-bond donors (Lipinski definition) is 1. The van der Waals surface area contributed by atoms with Gasteiger partial charge in [-0.05, 0) is 74.7 Å². The first-order valence-corrected chi connectivity index (χ1v) is 10.1. The highest BCUT2D eigenvalue weighted by Crippen LogP contribution is 2.35. The van der Waals surface area contributed by atoms with Crippen molar-refractivity contribution in [1.29, 1.82) is 0 Å². The van der Waals surface area contributed by atoms with Crippen LogP contribution in [0.4, 0.5) is 0 Å². The fraction of sp³-hybridized carbons (Fsp3) is 0.391. The number of pyridine rings is 2. The second-order valence-electron chi connectivity index (χ2n) is 7.96.